The van der Waals surface area contributed by atoms with Gasteiger partial charge in [0.1, 0.15) is 6.61 Å². The van der Waals surface area contributed by atoms with Gasteiger partial charge in [0.25, 0.3) is 5.56 Å². The molecule has 0 unspecified atom stereocenters. The summed E-state index contributed by atoms with van der Waals surface area (Å²) in [7, 11) is 0. The van der Waals surface area contributed by atoms with Gasteiger partial charge in [-0.15, -0.1) is 11.3 Å². The third-order valence-corrected chi connectivity index (χ3v) is 4.77. The van der Waals surface area contributed by atoms with Crippen LogP contribution in [0.3, 0.4) is 0 Å². The summed E-state index contributed by atoms with van der Waals surface area (Å²) in [5.41, 5.74) is 1.94. The fourth-order valence-corrected chi connectivity index (χ4v) is 3.31. The van der Waals surface area contributed by atoms with Crippen LogP contribution in [0.5, 0.6) is 0 Å². The molecule has 0 spiro atoms. The Kier molecular flexibility index (Phi) is 4.47. The van der Waals surface area contributed by atoms with E-state index in [1.54, 1.807) is 18.3 Å². The number of ether oxygens (including phenoxy) is 1. The Balaban J connectivity index is 1.73. The van der Waals surface area contributed by atoms with Crippen LogP contribution >= 0.6 is 11.3 Å². The third-order valence-electron chi connectivity index (χ3n) is 3.87. The molecule has 0 atom stereocenters. The summed E-state index contributed by atoms with van der Waals surface area (Å²) >= 11 is 1.43. The van der Waals surface area contributed by atoms with E-state index in [9.17, 15) is 9.59 Å². The van der Waals surface area contributed by atoms with Crippen molar-refractivity contribution >= 4 is 22.3 Å². The minimum absolute atomic E-state index is 0.0253. The quantitative estimate of drug-likeness (QED) is 0.671. The Morgan fingerprint density at radius 3 is 2.56 bits per heavy atom. The molecule has 3 rings (SSSR count). The first kappa shape index (κ1) is 17.4. The average molecular weight is 356 g/mol. The highest BCUT2D eigenvalue weighted by Crippen LogP contribution is 2.22. The SMILES string of the molecule is Cc1cn2c(=O)cc(COC(=O)c3ccc(C(C)(C)C)cc3)nc2s1. The fraction of sp³-hybridized carbons (Fsp3) is 0.316. The standard InChI is InChI=1S/C19H20N2O3S/c1-12-10-21-16(22)9-15(20-18(21)25-12)11-24-17(23)13-5-7-14(8-6-13)19(2,3)4/h5-10H,11H2,1-4H3. The van der Waals surface area contributed by atoms with Gasteiger partial charge in [0.2, 0.25) is 0 Å². The molecule has 2 aromatic heterocycles. The van der Waals surface area contributed by atoms with Crippen molar-refractivity contribution in [1.29, 1.82) is 0 Å². The highest BCUT2D eigenvalue weighted by molar-refractivity contribution is 7.16. The van der Waals surface area contributed by atoms with Crippen molar-refractivity contribution in [2.24, 2.45) is 0 Å². The van der Waals surface area contributed by atoms with E-state index in [0.717, 1.165) is 10.4 Å². The molecular formula is C19H20N2O3S. The van der Waals surface area contributed by atoms with Crippen molar-refractivity contribution in [3.8, 4) is 0 Å². The van der Waals surface area contributed by atoms with Crippen LogP contribution in [0.1, 0.15) is 47.3 Å². The van der Waals surface area contributed by atoms with Gasteiger partial charge < -0.3 is 4.74 Å². The van der Waals surface area contributed by atoms with Crippen LogP contribution in [0, 0.1) is 6.92 Å². The Labute approximate surface area is 149 Å². The van der Waals surface area contributed by atoms with Crippen molar-refractivity contribution in [2.75, 3.05) is 0 Å². The van der Waals surface area contributed by atoms with Gasteiger partial charge in [-0.3, -0.25) is 9.20 Å². The lowest BCUT2D eigenvalue weighted by Gasteiger charge is -2.18. The molecule has 6 heteroatoms. The molecule has 130 valence electrons. The first-order valence-electron chi connectivity index (χ1n) is 8.00. The number of carbonyl (C=O) groups is 1. The van der Waals surface area contributed by atoms with E-state index in [-0.39, 0.29) is 17.6 Å². The number of thiazole rings is 1. The summed E-state index contributed by atoms with van der Waals surface area (Å²) in [6, 6.07) is 8.78. The largest absolute Gasteiger partial charge is 0.456 e. The predicted octanol–water partition coefficient (Wildman–Crippen LogP) is 3.72. The minimum atomic E-state index is -0.426. The molecule has 0 amide bonds. The van der Waals surface area contributed by atoms with Gasteiger partial charge >= 0.3 is 5.97 Å². The van der Waals surface area contributed by atoms with E-state index in [1.165, 1.54) is 21.8 Å². The molecule has 0 aliphatic heterocycles. The molecule has 3 aromatic rings. The number of esters is 1. The Morgan fingerprint density at radius 1 is 1.24 bits per heavy atom. The van der Waals surface area contributed by atoms with Crippen LogP contribution in [0.2, 0.25) is 0 Å². The first-order valence-corrected chi connectivity index (χ1v) is 8.82. The van der Waals surface area contributed by atoms with E-state index in [4.69, 9.17) is 4.74 Å². The third kappa shape index (κ3) is 3.79. The normalized spacial score (nSPS) is 11.7. The van der Waals surface area contributed by atoms with Gasteiger partial charge in [-0.1, -0.05) is 32.9 Å². The monoisotopic (exact) mass is 356 g/mol. The summed E-state index contributed by atoms with van der Waals surface area (Å²) < 4.78 is 6.80. The minimum Gasteiger partial charge on any atom is -0.456 e. The molecule has 1 aromatic carbocycles. The predicted molar refractivity (Wildman–Crippen MR) is 98.3 cm³/mol. The molecule has 25 heavy (non-hydrogen) atoms. The summed E-state index contributed by atoms with van der Waals surface area (Å²) in [5, 5.41) is 0. The molecule has 0 aliphatic rings. The molecule has 5 nitrogen and oxygen atoms in total. The second-order valence-corrected chi connectivity index (χ2v) is 8.20. The Morgan fingerprint density at radius 2 is 1.92 bits per heavy atom. The van der Waals surface area contributed by atoms with Crippen molar-refractivity contribution in [3.05, 3.63) is 68.6 Å². The van der Waals surface area contributed by atoms with E-state index in [1.807, 2.05) is 19.1 Å². The van der Waals surface area contributed by atoms with Crippen LogP contribution < -0.4 is 5.56 Å². The maximum absolute atomic E-state index is 12.2. The van der Waals surface area contributed by atoms with Crippen molar-refractivity contribution in [1.82, 2.24) is 9.38 Å². The highest BCUT2D eigenvalue weighted by Gasteiger charge is 2.15. The number of rotatable bonds is 3. The van der Waals surface area contributed by atoms with Crippen molar-refractivity contribution in [3.63, 3.8) is 0 Å². The topological polar surface area (TPSA) is 60.7 Å². The van der Waals surface area contributed by atoms with Crippen LogP contribution in [0.25, 0.3) is 4.96 Å². The molecule has 0 aliphatic carbocycles. The van der Waals surface area contributed by atoms with Crippen LogP contribution in [0.15, 0.2) is 41.3 Å². The number of carbonyl (C=O) groups excluding carboxylic acids is 1. The Bertz CT molecular complexity index is 979. The second-order valence-electron chi connectivity index (χ2n) is 6.98. The van der Waals surface area contributed by atoms with Crippen molar-refractivity contribution < 1.29 is 9.53 Å². The van der Waals surface area contributed by atoms with E-state index < -0.39 is 5.97 Å². The fourth-order valence-electron chi connectivity index (χ4n) is 2.46. The van der Waals surface area contributed by atoms with Gasteiger partial charge in [-0.25, -0.2) is 9.78 Å². The lowest BCUT2D eigenvalue weighted by molar-refractivity contribution is 0.0467. The number of aromatic nitrogens is 2. The van der Waals surface area contributed by atoms with Crippen LogP contribution in [-0.4, -0.2) is 15.4 Å². The zero-order valence-electron chi connectivity index (χ0n) is 14.7. The maximum atomic E-state index is 12.2. The lowest BCUT2D eigenvalue weighted by atomic mass is 9.87. The van der Waals surface area contributed by atoms with Crippen LogP contribution in [0.4, 0.5) is 0 Å². The number of benzene rings is 1. The average Bonchev–Trinajstić information content (AvgIpc) is 2.93. The molecule has 0 N–H and O–H groups in total. The molecule has 0 fully saturated rings. The summed E-state index contributed by atoms with van der Waals surface area (Å²) in [6.45, 7) is 8.25. The van der Waals surface area contributed by atoms with E-state index >= 15 is 0 Å². The summed E-state index contributed by atoms with van der Waals surface area (Å²) in [4.78, 5) is 30.2. The zero-order chi connectivity index (χ0) is 18.2. The summed E-state index contributed by atoms with van der Waals surface area (Å²) in [5.74, 6) is -0.426. The molecule has 0 bridgehead atoms. The molecule has 0 saturated heterocycles. The number of hydrogen-bond donors (Lipinski definition) is 0. The summed E-state index contributed by atoms with van der Waals surface area (Å²) in [6.07, 6.45) is 1.75. The van der Waals surface area contributed by atoms with Crippen molar-refractivity contribution in [2.45, 2.75) is 39.7 Å². The highest BCUT2D eigenvalue weighted by atomic mass is 32.1. The van der Waals surface area contributed by atoms with Gasteiger partial charge in [-0.2, -0.15) is 0 Å². The molecule has 0 radical (unpaired) electrons. The first-order chi connectivity index (χ1) is 11.7. The van der Waals surface area contributed by atoms with Gasteiger partial charge in [0.15, 0.2) is 4.96 Å². The van der Waals surface area contributed by atoms with Crippen LogP contribution in [-0.2, 0) is 16.8 Å². The molecule has 2 heterocycles. The van der Waals surface area contributed by atoms with E-state index in [2.05, 4.69) is 25.8 Å². The lowest BCUT2D eigenvalue weighted by Crippen LogP contribution is -2.15. The Hall–Kier alpha value is -2.47. The van der Waals surface area contributed by atoms with E-state index in [0.29, 0.717) is 16.2 Å². The number of aryl methyl sites for hydroxylation is 1. The number of hydrogen-bond acceptors (Lipinski definition) is 5. The maximum Gasteiger partial charge on any atom is 0.338 e. The van der Waals surface area contributed by atoms with Gasteiger partial charge in [-0.05, 0) is 30.0 Å². The molecule has 0 saturated carbocycles. The smallest absolute Gasteiger partial charge is 0.338 e. The number of nitrogens with zero attached hydrogens (tertiary/aromatic N) is 2. The molecular weight excluding hydrogens is 336 g/mol. The number of fused-ring (bicyclic) bond motifs is 1. The van der Waals surface area contributed by atoms with Gasteiger partial charge in [0, 0.05) is 17.1 Å². The van der Waals surface area contributed by atoms with Gasteiger partial charge in [0.05, 0.1) is 11.3 Å². The second kappa shape index (κ2) is 6.44. The zero-order valence-corrected chi connectivity index (χ0v) is 15.5.